The molecule has 0 bridgehead atoms. The smallest absolute Gasteiger partial charge is 0.245 e. The minimum absolute atomic E-state index is 0.00692. The Morgan fingerprint density at radius 1 is 0.793 bits per heavy atom. The van der Waals surface area contributed by atoms with E-state index in [4.69, 9.17) is 0 Å². The number of rotatable bonds is 4. The molecule has 0 unspecified atom stereocenters. The molecule has 3 aliphatic rings. The molecule has 1 aromatic carbocycles. The fourth-order valence-corrected chi connectivity index (χ4v) is 4.98. The quantitative estimate of drug-likeness (QED) is 0.733. The lowest BCUT2D eigenvalue weighted by Crippen LogP contribution is -2.55. The van der Waals surface area contributed by atoms with Crippen LogP contribution in [0.3, 0.4) is 0 Å². The number of hydrogen-bond acceptors (Lipinski definition) is 4. The Hall–Kier alpha value is -2.37. The van der Waals surface area contributed by atoms with Crippen LogP contribution in [-0.4, -0.2) is 66.7 Å². The molecule has 6 nitrogen and oxygen atoms in total. The second kappa shape index (κ2) is 8.97. The van der Waals surface area contributed by atoms with Gasteiger partial charge in [-0.3, -0.25) is 14.4 Å². The molecule has 29 heavy (non-hydrogen) atoms. The molecule has 6 heteroatoms. The molecular weight excluding hydrogens is 366 g/mol. The van der Waals surface area contributed by atoms with Gasteiger partial charge in [0.25, 0.3) is 0 Å². The Labute approximate surface area is 172 Å². The number of amides is 2. The predicted molar refractivity (Wildman–Crippen MR) is 112 cm³/mol. The van der Waals surface area contributed by atoms with E-state index in [1.54, 1.807) is 0 Å². The molecule has 4 rings (SSSR count). The molecule has 0 spiro atoms. The summed E-state index contributed by atoms with van der Waals surface area (Å²) in [6, 6.07) is 7.37. The zero-order valence-corrected chi connectivity index (χ0v) is 17.1. The maximum Gasteiger partial charge on any atom is 0.245 e. The molecule has 0 radical (unpaired) electrons. The third-order valence-corrected chi connectivity index (χ3v) is 6.73. The average molecular weight is 398 g/mol. The topological polar surface area (TPSA) is 60.9 Å². The third-order valence-electron chi connectivity index (χ3n) is 6.73. The molecule has 0 aliphatic carbocycles. The van der Waals surface area contributed by atoms with E-state index in [0.717, 1.165) is 89.6 Å². The van der Waals surface area contributed by atoms with E-state index in [2.05, 4.69) is 4.90 Å². The summed E-state index contributed by atoms with van der Waals surface area (Å²) in [5, 5.41) is 0. The highest BCUT2D eigenvalue weighted by Crippen LogP contribution is 2.28. The van der Waals surface area contributed by atoms with Gasteiger partial charge < -0.3 is 14.7 Å². The van der Waals surface area contributed by atoms with E-state index < -0.39 is 0 Å². The highest BCUT2D eigenvalue weighted by Gasteiger charge is 2.38. The van der Waals surface area contributed by atoms with Crippen molar-refractivity contribution in [2.45, 2.75) is 51.0 Å². The first-order valence-corrected chi connectivity index (χ1v) is 11.1. The minimum Gasteiger partial charge on any atom is -0.371 e. The lowest BCUT2D eigenvalue weighted by atomic mass is 9.92. The van der Waals surface area contributed by atoms with Gasteiger partial charge in [0.2, 0.25) is 11.8 Å². The Morgan fingerprint density at radius 2 is 1.45 bits per heavy atom. The van der Waals surface area contributed by atoms with Gasteiger partial charge in [-0.25, -0.2) is 0 Å². The van der Waals surface area contributed by atoms with Gasteiger partial charge in [-0.15, -0.1) is 0 Å². The van der Waals surface area contributed by atoms with Crippen molar-refractivity contribution in [3.63, 3.8) is 0 Å². The number of aldehydes is 1. The number of likely N-dealkylation sites (tertiary alicyclic amines) is 2. The first-order chi connectivity index (χ1) is 14.2. The second-order valence-electron chi connectivity index (χ2n) is 8.55. The van der Waals surface area contributed by atoms with Gasteiger partial charge in [-0.05, 0) is 69.2 Å². The number of carbonyl (C=O) groups excluding carboxylic acids is 3. The fourth-order valence-electron chi connectivity index (χ4n) is 4.98. The minimum atomic E-state index is -0.247. The molecule has 156 valence electrons. The van der Waals surface area contributed by atoms with Crippen LogP contribution in [-0.2, 0) is 9.59 Å². The molecule has 0 aromatic heterocycles. The van der Waals surface area contributed by atoms with E-state index in [9.17, 15) is 14.4 Å². The first-order valence-electron chi connectivity index (χ1n) is 11.1. The van der Waals surface area contributed by atoms with Gasteiger partial charge in [0, 0.05) is 49.9 Å². The van der Waals surface area contributed by atoms with Crippen LogP contribution in [0.25, 0.3) is 0 Å². The number of piperidine rings is 2. The summed E-state index contributed by atoms with van der Waals surface area (Å²) in [7, 11) is 0. The molecule has 3 heterocycles. The molecule has 0 N–H and O–H groups in total. The van der Waals surface area contributed by atoms with Crippen LogP contribution in [0.2, 0.25) is 0 Å². The summed E-state index contributed by atoms with van der Waals surface area (Å²) in [6.07, 6.45) is 7.49. The monoisotopic (exact) mass is 397 g/mol. The van der Waals surface area contributed by atoms with E-state index in [1.165, 1.54) is 0 Å². The van der Waals surface area contributed by atoms with Gasteiger partial charge in [0.15, 0.2) is 0 Å². The van der Waals surface area contributed by atoms with Crippen molar-refractivity contribution in [2.24, 2.45) is 5.92 Å². The molecule has 3 saturated heterocycles. The van der Waals surface area contributed by atoms with E-state index in [0.29, 0.717) is 5.56 Å². The number of carbonyl (C=O) groups is 3. The number of nitrogens with zero attached hydrogens (tertiary/aromatic N) is 3. The van der Waals surface area contributed by atoms with Crippen LogP contribution >= 0.6 is 0 Å². The highest BCUT2D eigenvalue weighted by molar-refractivity contribution is 5.89. The standard InChI is InChI=1S/C23H31N3O3/c27-17-18-6-8-20(9-7-18)24-15-10-19(11-16-24)22(28)26-14-2-1-5-21(26)23(29)25-12-3-4-13-25/h6-9,17,19,21H,1-5,10-16H2/t21-/m0/s1. The summed E-state index contributed by atoms with van der Waals surface area (Å²) in [5.41, 5.74) is 1.78. The highest BCUT2D eigenvalue weighted by atomic mass is 16.2. The van der Waals surface area contributed by atoms with E-state index in [1.807, 2.05) is 34.1 Å². The Morgan fingerprint density at radius 3 is 2.10 bits per heavy atom. The van der Waals surface area contributed by atoms with Crippen LogP contribution in [0.5, 0.6) is 0 Å². The molecular formula is C23H31N3O3. The van der Waals surface area contributed by atoms with Gasteiger partial charge in [-0.1, -0.05) is 0 Å². The van der Waals surface area contributed by atoms with Crippen LogP contribution in [0.15, 0.2) is 24.3 Å². The van der Waals surface area contributed by atoms with Crippen LogP contribution in [0.4, 0.5) is 5.69 Å². The fraction of sp³-hybridized carbons (Fsp3) is 0.609. The Kier molecular flexibility index (Phi) is 6.16. The Bertz CT molecular complexity index is 734. The van der Waals surface area contributed by atoms with Crippen molar-refractivity contribution in [2.75, 3.05) is 37.6 Å². The van der Waals surface area contributed by atoms with Crippen molar-refractivity contribution in [1.29, 1.82) is 0 Å². The summed E-state index contributed by atoms with van der Waals surface area (Å²) in [4.78, 5) is 43.3. The molecule has 3 fully saturated rings. The summed E-state index contributed by atoms with van der Waals surface area (Å²) >= 11 is 0. The average Bonchev–Trinajstić information content (AvgIpc) is 3.33. The van der Waals surface area contributed by atoms with Gasteiger partial charge in [0.1, 0.15) is 12.3 Å². The van der Waals surface area contributed by atoms with Crippen molar-refractivity contribution in [3.05, 3.63) is 29.8 Å². The molecule has 2 amide bonds. The normalized spacial score (nSPS) is 23.3. The van der Waals surface area contributed by atoms with Gasteiger partial charge in [0.05, 0.1) is 0 Å². The molecule has 3 aliphatic heterocycles. The van der Waals surface area contributed by atoms with Gasteiger partial charge in [-0.2, -0.15) is 0 Å². The maximum atomic E-state index is 13.3. The lowest BCUT2D eigenvalue weighted by Gasteiger charge is -2.40. The molecule has 0 saturated carbocycles. The SMILES string of the molecule is O=Cc1ccc(N2CCC(C(=O)N3CCCC[C@H]3C(=O)N3CCCC3)CC2)cc1. The number of hydrogen-bond donors (Lipinski definition) is 0. The van der Waals surface area contributed by atoms with Crippen molar-refractivity contribution >= 4 is 23.8 Å². The van der Waals surface area contributed by atoms with Gasteiger partial charge >= 0.3 is 0 Å². The predicted octanol–water partition coefficient (Wildman–Crippen LogP) is 2.72. The van der Waals surface area contributed by atoms with Crippen LogP contribution in [0.1, 0.15) is 55.3 Å². The number of anilines is 1. The lowest BCUT2D eigenvalue weighted by molar-refractivity contribution is -0.150. The van der Waals surface area contributed by atoms with Crippen molar-refractivity contribution in [3.8, 4) is 0 Å². The third kappa shape index (κ3) is 4.31. The Balaban J connectivity index is 1.37. The van der Waals surface area contributed by atoms with Crippen LogP contribution in [0, 0.1) is 5.92 Å². The summed E-state index contributed by atoms with van der Waals surface area (Å²) in [6.45, 7) is 4.07. The van der Waals surface area contributed by atoms with E-state index in [-0.39, 0.29) is 23.8 Å². The maximum absolute atomic E-state index is 13.3. The summed E-state index contributed by atoms with van der Waals surface area (Å²) in [5.74, 6) is 0.355. The van der Waals surface area contributed by atoms with Crippen molar-refractivity contribution in [1.82, 2.24) is 9.80 Å². The van der Waals surface area contributed by atoms with Crippen LogP contribution < -0.4 is 4.90 Å². The summed E-state index contributed by atoms with van der Waals surface area (Å²) < 4.78 is 0. The first kappa shape index (κ1) is 19.9. The molecule has 1 atom stereocenters. The van der Waals surface area contributed by atoms with E-state index >= 15 is 0 Å². The zero-order chi connectivity index (χ0) is 20.2. The van der Waals surface area contributed by atoms with Crippen molar-refractivity contribution < 1.29 is 14.4 Å². The largest absolute Gasteiger partial charge is 0.371 e. The molecule has 1 aromatic rings. The zero-order valence-electron chi connectivity index (χ0n) is 17.1. The second-order valence-corrected chi connectivity index (χ2v) is 8.55. The number of benzene rings is 1.